The lowest BCUT2D eigenvalue weighted by Gasteiger charge is -2.11. The van der Waals surface area contributed by atoms with E-state index in [0.717, 1.165) is 6.07 Å². The minimum Gasteiger partial charge on any atom is -0.346 e. The summed E-state index contributed by atoms with van der Waals surface area (Å²) in [6.07, 6.45) is -2.68. The molecule has 0 aromatic heterocycles. The molecule has 4 nitrogen and oxygen atoms in total. The zero-order valence-electron chi connectivity index (χ0n) is 10.2. The summed E-state index contributed by atoms with van der Waals surface area (Å²) in [7, 11) is 1.22. The fourth-order valence-corrected chi connectivity index (χ4v) is 2.31. The molecule has 1 aromatic carbocycles. The molecule has 0 aliphatic rings. The van der Waals surface area contributed by atoms with Crippen molar-refractivity contribution in [2.75, 3.05) is 6.54 Å². The Labute approximate surface area is 114 Å². The van der Waals surface area contributed by atoms with Gasteiger partial charge in [0.25, 0.3) is 21.4 Å². The van der Waals surface area contributed by atoms with Gasteiger partial charge in [0.15, 0.2) is 0 Å². The minimum atomic E-state index is -3.99. The Morgan fingerprint density at radius 3 is 2.42 bits per heavy atom. The second-order valence-electron chi connectivity index (χ2n) is 3.95. The van der Waals surface area contributed by atoms with Crippen LogP contribution in [0.5, 0.6) is 0 Å². The van der Waals surface area contributed by atoms with E-state index in [1.165, 1.54) is 6.07 Å². The van der Waals surface area contributed by atoms with Crippen molar-refractivity contribution in [2.45, 2.75) is 25.2 Å². The number of alkyl halides is 2. The number of hydrogen-bond acceptors (Lipinski definition) is 3. The Kier molecular flexibility index (Phi) is 4.86. The van der Waals surface area contributed by atoms with Crippen LogP contribution in [0.4, 0.5) is 8.78 Å². The fourth-order valence-electron chi connectivity index (χ4n) is 1.47. The van der Waals surface area contributed by atoms with Crippen LogP contribution in [0.3, 0.4) is 0 Å². The van der Waals surface area contributed by atoms with Crippen LogP contribution in [0.25, 0.3) is 0 Å². The van der Waals surface area contributed by atoms with E-state index in [9.17, 15) is 22.0 Å². The van der Waals surface area contributed by atoms with Gasteiger partial charge < -0.3 is 5.32 Å². The van der Waals surface area contributed by atoms with Crippen LogP contribution in [0.1, 0.15) is 21.5 Å². The summed E-state index contributed by atoms with van der Waals surface area (Å²) >= 11 is 0. The fraction of sp³-hybridized carbons (Fsp3) is 0.364. The van der Waals surface area contributed by atoms with Crippen molar-refractivity contribution in [2.24, 2.45) is 0 Å². The van der Waals surface area contributed by atoms with Crippen molar-refractivity contribution in [1.29, 1.82) is 0 Å². The molecule has 0 aliphatic heterocycles. The van der Waals surface area contributed by atoms with E-state index < -0.39 is 27.9 Å². The molecule has 0 fully saturated rings. The van der Waals surface area contributed by atoms with Crippen molar-refractivity contribution in [3.05, 3.63) is 28.8 Å². The molecule has 0 aliphatic carbocycles. The molecule has 1 aromatic rings. The van der Waals surface area contributed by atoms with Crippen molar-refractivity contribution in [3.63, 3.8) is 0 Å². The predicted octanol–water partition coefficient (Wildman–Crippen LogP) is 2.23. The number of amides is 1. The second-order valence-corrected chi connectivity index (χ2v) is 6.52. The van der Waals surface area contributed by atoms with Gasteiger partial charge in [-0.15, -0.1) is 0 Å². The monoisotopic (exact) mass is 311 g/mol. The number of aryl methyl sites for hydroxylation is 1. The van der Waals surface area contributed by atoms with Crippen LogP contribution in [-0.4, -0.2) is 27.3 Å². The summed E-state index contributed by atoms with van der Waals surface area (Å²) in [6.45, 7) is 2.40. The molecule has 0 bridgehead atoms. The molecule has 19 heavy (non-hydrogen) atoms. The standard InChI is InChI=1S/C11H12ClF2NO3S/c1-6-3-8(19(12,17)18)4-9(7(6)2)11(16)15-5-10(13)14/h3-4,10H,5H2,1-2H3,(H,15,16). The predicted molar refractivity (Wildman–Crippen MR) is 67.3 cm³/mol. The molecule has 106 valence electrons. The van der Waals surface area contributed by atoms with Crippen LogP contribution in [0.15, 0.2) is 17.0 Å². The smallest absolute Gasteiger partial charge is 0.261 e. The minimum absolute atomic E-state index is 0.0138. The van der Waals surface area contributed by atoms with E-state index in [1.54, 1.807) is 13.8 Å². The zero-order chi connectivity index (χ0) is 14.8. The third-order valence-electron chi connectivity index (χ3n) is 2.58. The van der Waals surface area contributed by atoms with Crippen molar-refractivity contribution in [1.82, 2.24) is 5.32 Å². The van der Waals surface area contributed by atoms with Crippen LogP contribution in [-0.2, 0) is 9.05 Å². The molecule has 0 spiro atoms. The molecule has 0 saturated heterocycles. The van der Waals surface area contributed by atoms with Gasteiger partial charge in [-0.3, -0.25) is 4.79 Å². The highest BCUT2D eigenvalue weighted by atomic mass is 35.7. The molecule has 8 heteroatoms. The Bertz CT molecular complexity index is 602. The summed E-state index contributed by atoms with van der Waals surface area (Å²) in [5.41, 5.74) is 1.06. The first kappa shape index (κ1) is 15.8. The molecule has 0 unspecified atom stereocenters. The highest BCUT2D eigenvalue weighted by molar-refractivity contribution is 8.13. The molecule has 0 heterocycles. The Morgan fingerprint density at radius 1 is 1.37 bits per heavy atom. The molecule has 1 rings (SSSR count). The normalized spacial score (nSPS) is 11.7. The van der Waals surface area contributed by atoms with Gasteiger partial charge in [0.2, 0.25) is 0 Å². The van der Waals surface area contributed by atoms with Gasteiger partial charge >= 0.3 is 0 Å². The molecule has 1 amide bonds. The molecular weight excluding hydrogens is 300 g/mol. The molecule has 0 saturated carbocycles. The maximum atomic E-state index is 12.0. The van der Waals surface area contributed by atoms with E-state index in [0.29, 0.717) is 11.1 Å². The van der Waals surface area contributed by atoms with Gasteiger partial charge in [-0.25, -0.2) is 17.2 Å². The number of benzene rings is 1. The second kappa shape index (κ2) is 5.83. The topological polar surface area (TPSA) is 63.2 Å². The van der Waals surface area contributed by atoms with Crippen LogP contribution >= 0.6 is 10.7 Å². The highest BCUT2D eigenvalue weighted by Crippen LogP contribution is 2.22. The third kappa shape index (κ3) is 4.14. The average molecular weight is 312 g/mol. The molecule has 0 radical (unpaired) electrons. The summed E-state index contributed by atoms with van der Waals surface area (Å²) in [5, 5.41) is 2.02. The third-order valence-corrected chi connectivity index (χ3v) is 3.92. The number of carbonyl (C=O) groups excluding carboxylic acids is 1. The van der Waals surface area contributed by atoms with Crippen LogP contribution < -0.4 is 5.32 Å². The first-order valence-electron chi connectivity index (χ1n) is 5.25. The first-order valence-corrected chi connectivity index (χ1v) is 7.56. The van der Waals surface area contributed by atoms with Crippen LogP contribution in [0.2, 0.25) is 0 Å². The lowest BCUT2D eigenvalue weighted by Crippen LogP contribution is -2.29. The zero-order valence-corrected chi connectivity index (χ0v) is 11.8. The van der Waals surface area contributed by atoms with Gasteiger partial charge in [0.05, 0.1) is 11.4 Å². The maximum absolute atomic E-state index is 12.0. The van der Waals surface area contributed by atoms with Gasteiger partial charge in [0, 0.05) is 16.2 Å². The Morgan fingerprint density at radius 2 is 1.95 bits per heavy atom. The molecular formula is C11H12ClF2NO3S. The molecule has 0 atom stereocenters. The van der Waals surface area contributed by atoms with E-state index in [-0.39, 0.29) is 10.5 Å². The van der Waals surface area contributed by atoms with Gasteiger partial charge in [-0.2, -0.15) is 0 Å². The summed E-state index contributed by atoms with van der Waals surface area (Å²) in [5.74, 6) is -0.761. The summed E-state index contributed by atoms with van der Waals surface area (Å²) in [6, 6.07) is 2.40. The number of rotatable bonds is 4. The SMILES string of the molecule is Cc1cc(S(=O)(=O)Cl)cc(C(=O)NCC(F)F)c1C. The number of hydrogen-bond donors (Lipinski definition) is 1. The van der Waals surface area contributed by atoms with E-state index in [1.807, 2.05) is 5.32 Å². The maximum Gasteiger partial charge on any atom is 0.261 e. The van der Waals surface area contributed by atoms with E-state index in [2.05, 4.69) is 0 Å². The van der Waals surface area contributed by atoms with Gasteiger partial charge in [-0.1, -0.05) is 0 Å². The highest BCUT2D eigenvalue weighted by Gasteiger charge is 2.18. The van der Waals surface area contributed by atoms with Crippen molar-refractivity contribution < 1.29 is 22.0 Å². The summed E-state index contributed by atoms with van der Waals surface area (Å²) in [4.78, 5) is 11.5. The summed E-state index contributed by atoms with van der Waals surface area (Å²) < 4.78 is 46.6. The molecule has 1 N–H and O–H groups in total. The van der Waals surface area contributed by atoms with Gasteiger partial charge in [0.1, 0.15) is 0 Å². The average Bonchev–Trinajstić information content (AvgIpc) is 2.27. The first-order chi connectivity index (χ1) is 8.62. The number of halogens is 3. The largest absolute Gasteiger partial charge is 0.346 e. The quantitative estimate of drug-likeness (QED) is 0.867. The Balaban J connectivity index is 3.20. The van der Waals surface area contributed by atoms with Crippen LogP contribution in [0, 0.1) is 13.8 Å². The lowest BCUT2D eigenvalue weighted by molar-refractivity contribution is 0.0891. The number of nitrogens with one attached hydrogen (secondary N) is 1. The van der Waals surface area contributed by atoms with Crippen molar-refractivity contribution >= 4 is 25.6 Å². The Hall–Kier alpha value is -1.21. The van der Waals surface area contributed by atoms with Gasteiger partial charge in [-0.05, 0) is 37.1 Å². The van der Waals surface area contributed by atoms with E-state index in [4.69, 9.17) is 10.7 Å². The van der Waals surface area contributed by atoms with E-state index >= 15 is 0 Å². The van der Waals surface area contributed by atoms with Crippen molar-refractivity contribution in [3.8, 4) is 0 Å². The lowest BCUT2D eigenvalue weighted by atomic mass is 10.0. The number of carbonyl (C=O) groups is 1.